The molecule has 0 unspecified atom stereocenters. The molecule has 0 atom stereocenters. The molecule has 1 fully saturated rings. The van der Waals surface area contributed by atoms with Crippen molar-refractivity contribution in [2.45, 2.75) is 18.8 Å². The molecule has 0 aromatic carbocycles. The van der Waals surface area contributed by atoms with Crippen molar-refractivity contribution >= 4 is 17.4 Å². The first kappa shape index (κ1) is 15.0. The van der Waals surface area contributed by atoms with Crippen LogP contribution in [0.3, 0.4) is 0 Å². The van der Waals surface area contributed by atoms with Gasteiger partial charge in [0.25, 0.3) is 0 Å². The van der Waals surface area contributed by atoms with Crippen LogP contribution in [0.25, 0.3) is 11.5 Å². The van der Waals surface area contributed by atoms with Gasteiger partial charge in [-0.05, 0) is 25.0 Å². The zero-order chi connectivity index (χ0) is 16.4. The summed E-state index contributed by atoms with van der Waals surface area (Å²) in [5, 5.41) is 4.46. The SMILES string of the molecule is Clc1cncc(N2CCC(c3nc(-c4ccccn4)no3)CC2)n1. The Hall–Kier alpha value is -2.54. The van der Waals surface area contributed by atoms with Gasteiger partial charge in [0, 0.05) is 25.2 Å². The van der Waals surface area contributed by atoms with E-state index in [-0.39, 0.29) is 5.92 Å². The van der Waals surface area contributed by atoms with Crippen LogP contribution in [0.15, 0.2) is 41.3 Å². The molecule has 7 nitrogen and oxygen atoms in total. The van der Waals surface area contributed by atoms with Crippen molar-refractivity contribution in [1.29, 1.82) is 0 Å². The first-order valence-electron chi connectivity index (χ1n) is 7.77. The Kier molecular flexibility index (Phi) is 4.08. The van der Waals surface area contributed by atoms with Gasteiger partial charge in [-0.25, -0.2) is 4.98 Å². The van der Waals surface area contributed by atoms with Gasteiger partial charge in [-0.1, -0.05) is 22.8 Å². The van der Waals surface area contributed by atoms with Crippen LogP contribution in [0.5, 0.6) is 0 Å². The first-order chi connectivity index (χ1) is 11.8. The van der Waals surface area contributed by atoms with Gasteiger partial charge >= 0.3 is 0 Å². The number of halogens is 1. The minimum Gasteiger partial charge on any atom is -0.355 e. The minimum atomic E-state index is 0.248. The smallest absolute Gasteiger partial charge is 0.230 e. The number of nitrogens with zero attached hydrogens (tertiary/aromatic N) is 6. The van der Waals surface area contributed by atoms with Crippen molar-refractivity contribution in [3.8, 4) is 11.5 Å². The molecular formula is C16H15ClN6O. The number of hydrogen-bond acceptors (Lipinski definition) is 7. The third-order valence-electron chi connectivity index (χ3n) is 4.10. The Balaban J connectivity index is 1.44. The van der Waals surface area contributed by atoms with Crippen LogP contribution < -0.4 is 4.90 Å². The van der Waals surface area contributed by atoms with Gasteiger partial charge in [0.05, 0.1) is 12.4 Å². The third kappa shape index (κ3) is 3.07. The molecule has 0 N–H and O–H groups in total. The summed E-state index contributed by atoms with van der Waals surface area (Å²) >= 11 is 5.91. The number of anilines is 1. The summed E-state index contributed by atoms with van der Waals surface area (Å²) in [7, 11) is 0. The van der Waals surface area contributed by atoms with Gasteiger partial charge in [0.2, 0.25) is 11.7 Å². The molecule has 0 radical (unpaired) electrons. The molecular weight excluding hydrogens is 328 g/mol. The van der Waals surface area contributed by atoms with E-state index >= 15 is 0 Å². The van der Waals surface area contributed by atoms with E-state index in [9.17, 15) is 0 Å². The highest BCUT2D eigenvalue weighted by Gasteiger charge is 2.26. The predicted molar refractivity (Wildman–Crippen MR) is 88.8 cm³/mol. The molecule has 0 aliphatic carbocycles. The van der Waals surface area contributed by atoms with Gasteiger partial charge in [-0.2, -0.15) is 4.98 Å². The van der Waals surface area contributed by atoms with Crippen molar-refractivity contribution in [1.82, 2.24) is 25.1 Å². The number of pyridine rings is 1. The lowest BCUT2D eigenvalue weighted by Gasteiger charge is -2.30. The molecule has 4 rings (SSSR count). The second-order valence-electron chi connectivity index (χ2n) is 5.63. The van der Waals surface area contributed by atoms with Crippen LogP contribution >= 0.6 is 11.6 Å². The lowest BCUT2D eigenvalue weighted by atomic mass is 9.97. The summed E-state index contributed by atoms with van der Waals surface area (Å²) in [6.45, 7) is 1.70. The molecule has 0 saturated carbocycles. The maximum Gasteiger partial charge on any atom is 0.230 e. The Bertz CT molecular complexity index is 816. The summed E-state index contributed by atoms with van der Waals surface area (Å²) < 4.78 is 5.45. The monoisotopic (exact) mass is 342 g/mol. The van der Waals surface area contributed by atoms with E-state index < -0.39 is 0 Å². The van der Waals surface area contributed by atoms with Crippen molar-refractivity contribution in [2.24, 2.45) is 0 Å². The van der Waals surface area contributed by atoms with Crippen LogP contribution in [0.2, 0.25) is 5.15 Å². The quantitative estimate of drug-likeness (QED) is 0.723. The van der Waals surface area contributed by atoms with E-state index in [1.807, 2.05) is 18.2 Å². The molecule has 24 heavy (non-hydrogen) atoms. The van der Waals surface area contributed by atoms with Crippen LogP contribution in [0.1, 0.15) is 24.7 Å². The Morgan fingerprint density at radius 3 is 2.75 bits per heavy atom. The Morgan fingerprint density at radius 1 is 1.12 bits per heavy atom. The summed E-state index contributed by atoms with van der Waals surface area (Å²) in [6.07, 6.45) is 6.82. The van der Waals surface area contributed by atoms with Crippen molar-refractivity contribution in [3.63, 3.8) is 0 Å². The average molecular weight is 343 g/mol. The second-order valence-corrected chi connectivity index (χ2v) is 6.02. The maximum atomic E-state index is 5.91. The van der Waals surface area contributed by atoms with Crippen LogP contribution in [-0.2, 0) is 0 Å². The normalized spacial score (nSPS) is 15.6. The zero-order valence-electron chi connectivity index (χ0n) is 12.8. The second kappa shape index (κ2) is 6.52. The fraction of sp³-hybridized carbons (Fsp3) is 0.312. The lowest BCUT2D eigenvalue weighted by molar-refractivity contribution is 0.329. The molecule has 0 bridgehead atoms. The molecule has 3 aromatic rings. The van der Waals surface area contributed by atoms with Gasteiger partial charge in [-0.15, -0.1) is 0 Å². The van der Waals surface area contributed by atoms with Crippen molar-refractivity contribution in [2.75, 3.05) is 18.0 Å². The Morgan fingerprint density at radius 2 is 2.00 bits per heavy atom. The molecule has 1 aliphatic heterocycles. The summed E-state index contributed by atoms with van der Waals surface area (Å²) in [5.41, 5.74) is 0.721. The van der Waals surface area contributed by atoms with E-state index in [0.717, 1.165) is 37.4 Å². The topological polar surface area (TPSA) is 80.8 Å². The molecule has 3 aromatic heterocycles. The van der Waals surface area contributed by atoms with Crippen LogP contribution in [0, 0.1) is 0 Å². The Labute approximate surface area is 143 Å². The van der Waals surface area contributed by atoms with E-state index in [1.54, 1.807) is 12.4 Å². The fourth-order valence-corrected chi connectivity index (χ4v) is 2.98. The highest BCUT2D eigenvalue weighted by Crippen LogP contribution is 2.29. The number of piperidine rings is 1. The largest absolute Gasteiger partial charge is 0.355 e. The van der Waals surface area contributed by atoms with Gasteiger partial charge in [-0.3, -0.25) is 9.97 Å². The van der Waals surface area contributed by atoms with Crippen LogP contribution in [0.4, 0.5) is 5.82 Å². The molecule has 0 amide bonds. The minimum absolute atomic E-state index is 0.248. The summed E-state index contributed by atoms with van der Waals surface area (Å²) in [5.74, 6) is 2.26. The standard InChI is InChI=1S/C16H15ClN6O/c17-13-9-18-10-14(20-13)23-7-4-11(5-8-23)16-21-15(22-24-16)12-3-1-2-6-19-12/h1-3,6,9-11H,4-5,7-8H2. The first-order valence-corrected chi connectivity index (χ1v) is 8.15. The molecule has 1 aliphatic rings. The van der Waals surface area contributed by atoms with Gasteiger partial charge in [0.15, 0.2) is 0 Å². The van der Waals surface area contributed by atoms with Crippen LogP contribution in [-0.4, -0.2) is 38.2 Å². The highest BCUT2D eigenvalue weighted by molar-refractivity contribution is 6.29. The van der Waals surface area contributed by atoms with Crippen molar-refractivity contribution < 1.29 is 4.52 Å². The lowest BCUT2D eigenvalue weighted by Crippen LogP contribution is -2.33. The summed E-state index contributed by atoms with van der Waals surface area (Å²) in [4.78, 5) is 19.3. The third-order valence-corrected chi connectivity index (χ3v) is 4.28. The fourth-order valence-electron chi connectivity index (χ4n) is 2.84. The van der Waals surface area contributed by atoms with Crippen molar-refractivity contribution in [3.05, 3.63) is 47.8 Å². The highest BCUT2D eigenvalue weighted by atomic mass is 35.5. The van der Waals surface area contributed by atoms with E-state index in [1.165, 1.54) is 6.20 Å². The number of aromatic nitrogens is 5. The molecule has 4 heterocycles. The van der Waals surface area contributed by atoms with E-state index in [0.29, 0.717) is 16.9 Å². The van der Waals surface area contributed by atoms with E-state index in [4.69, 9.17) is 16.1 Å². The average Bonchev–Trinajstić information content (AvgIpc) is 3.13. The van der Waals surface area contributed by atoms with E-state index in [2.05, 4.69) is 30.0 Å². The predicted octanol–water partition coefficient (Wildman–Crippen LogP) is 2.96. The maximum absolute atomic E-state index is 5.91. The van der Waals surface area contributed by atoms with Gasteiger partial charge in [0.1, 0.15) is 16.7 Å². The molecule has 0 spiro atoms. The summed E-state index contributed by atoms with van der Waals surface area (Å²) in [6, 6.07) is 5.64. The molecule has 1 saturated heterocycles. The molecule has 122 valence electrons. The van der Waals surface area contributed by atoms with Gasteiger partial charge < -0.3 is 9.42 Å². The number of rotatable bonds is 3. The molecule has 8 heteroatoms. The zero-order valence-corrected chi connectivity index (χ0v) is 13.6. The number of hydrogen-bond donors (Lipinski definition) is 0.